The fraction of sp³-hybridized carbons (Fsp3) is 0.261. The van der Waals surface area contributed by atoms with Crippen LogP contribution in [0.3, 0.4) is 0 Å². The second-order valence-electron chi connectivity index (χ2n) is 7.89. The Morgan fingerprint density at radius 1 is 1.00 bits per heavy atom. The van der Waals surface area contributed by atoms with Crippen molar-refractivity contribution in [3.05, 3.63) is 59.3 Å². The summed E-state index contributed by atoms with van der Waals surface area (Å²) in [7, 11) is 0. The highest BCUT2D eigenvalue weighted by Gasteiger charge is 2.27. The van der Waals surface area contributed by atoms with Gasteiger partial charge in [-0.2, -0.15) is 9.61 Å². The first-order valence-electron chi connectivity index (χ1n) is 10.3. The quantitative estimate of drug-likeness (QED) is 0.469. The highest BCUT2D eigenvalue weighted by atomic mass is 79.9. The van der Waals surface area contributed by atoms with Crippen LogP contribution in [-0.4, -0.2) is 44.9 Å². The number of benzene rings is 1. The molecule has 1 aliphatic heterocycles. The molecule has 3 aromatic heterocycles. The first kappa shape index (κ1) is 20.0. The Morgan fingerprint density at radius 2 is 1.74 bits per heavy atom. The molecule has 0 spiro atoms. The number of anilines is 2. The predicted molar refractivity (Wildman–Crippen MR) is 126 cm³/mol. The van der Waals surface area contributed by atoms with E-state index in [-0.39, 0.29) is 12.2 Å². The lowest BCUT2D eigenvalue weighted by Gasteiger charge is -2.36. The summed E-state index contributed by atoms with van der Waals surface area (Å²) in [6.45, 7) is 5.65. The molecule has 2 unspecified atom stereocenters. The lowest BCUT2D eigenvalue weighted by Crippen LogP contribution is -2.46. The van der Waals surface area contributed by atoms with E-state index in [1.54, 1.807) is 10.7 Å². The smallest absolute Gasteiger partial charge is 0.167 e. The van der Waals surface area contributed by atoms with Crippen LogP contribution in [0.25, 0.3) is 28.0 Å². The molecule has 0 aliphatic carbocycles. The monoisotopic (exact) mass is 478 g/mol. The van der Waals surface area contributed by atoms with Gasteiger partial charge in [0.15, 0.2) is 5.65 Å². The molecular weight excluding hydrogens is 456 g/mol. The fourth-order valence-corrected chi connectivity index (χ4v) is 4.59. The molecule has 1 aliphatic rings. The van der Waals surface area contributed by atoms with Crippen molar-refractivity contribution in [1.29, 1.82) is 0 Å². The first-order valence-corrected chi connectivity index (χ1v) is 11.1. The van der Waals surface area contributed by atoms with Gasteiger partial charge >= 0.3 is 0 Å². The van der Waals surface area contributed by atoms with Gasteiger partial charge in [-0.05, 0) is 35.8 Å². The number of nitrogens with zero attached hydrogens (tertiary/aromatic N) is 5. The third kappa shape index (κ3) is 3.66. The largest absolute Gasteiger partial charge is 0.383 e. The molecule has 0 bridgehead atoms. The van der Waals surface area contributed by atoms with E-state index >= 15 is 0 Å². The van der Waals surface area contributed by atoms with Gasteiger partial charge in [0.2, 0.25) is 0 Å². The van der Waals surface area contributed by atoms with Gasteiger partial charge in [-0.25, -0.2) is 4.98 Å². The van der Waals surface area contributed by atoms with E-state index in [0.717, 1.165) is 45.8 Å². The number of nitrogens with two attached hydrogens (primary N) is 1. The number of fused-ring (bicyclic) bond motifs is 1. The van der Waals surface area contributed by atoms with E-state index in [0.29, 0.717) is 11.5 Å². The molecule has 4 heterocycles. The zero-order chi connectivity index (χ0) is 21.5. The number of rotatable bonds is 3. The summed E-state index contributed by atoms with van der Waals surface area (Å²) in [6, 6.07) is 14.2. The van der Waals surface area contributed by atoms with Gasteiger partial charge in [-0.1, -0.05) is 36.4 Å². The van der Waals surface area contributed by atoms with Crippen molar-refractivity contribution in [1.82, 2.24) is 19.6 Å². The van der Waals surface area contributed by atoms with Gasteiger partial charge in [0.1, 0.15) is 16.1 Å². The van der Waals surface area contributed by atoms with Crippen molar-refractivity contribution < 1.29 is 4.74 Å². The Labute approximate surface area is 189 Å². The molecule has 0 radical (unpaired) electrons. The van der Waals surface area contributed by atoms with Crippen molar-refractivity contribution in [3.63, 3.8) is 0 Å². The number of hydrogen-bond acceptors (Lipinski definition) is 6. The summed E-state index contributed by atoms with van der Waals surface area (Å²) >= 11 is 3.63. The number of morpholine rings is 1. The molecule has 5 rings (SSSR count). The van der Waals surface area contributed by atoms with Crippen LogP contribution in [0.5, 0.6) is 0 Å². The topological polar surface area (TPSA) is 81.6 Å². The van der Waals surface area contributed by atoms with Crippen molar-refractivity contribution in [2.24, 2.45) is 0 Å². The van der Waals surface area contributed by atoms with E-state index in [2.05, 4.69) is 44.8 Å². The van der Waals surface area contributed by atoms with Gasteiger partial charge in [-0.3, -0.25) is 4.98 Å². The number of hydrogen-bond donors (Lipinski definition) is 1. The molecular formula is C23H23BrN6O. The number of ether oxygens (including phenoxy) is 1. The summed E-state index contributed by atoms with van der Waals surface area (Å²) in [5.74, 6) is 1.33. The Balaban J connectivity index is 1.57. The molecule has 158 valence electrons. The Bertz CT molecular complexity index is 1210. The maximum atomic E-state index is 6.43. The second kappa shape index (κ2) is 7.94. The molecule has 2 N–H and O–H groups in total. The lowest BCUT2D eigenvalue weighted by atomic mass is 10.1. The third-order valence-corrected chi connectivity index (χ3v) is 6.23. The highest BCUT2D eigenvalue weighted by molar-refractivity contribution is 9.10. The van der Waals surface area contributed by atoms with Crippen LogP contribution in [-0.2, 0) is 4.74 Å². The molecule has 0 amide bonds. The van der Waals surface area contributed by atoms with E-state index in [1.807, 2.05) is 48.7 Å². The van der Waals surface area contributed by atoms with Crippen molar-refractivity contribution in [2.45, 2.75) is 26.1 Å². The standard InChI is InChI=1S/C23H23BrN6O/c1-14-12-29(13-15(2)31-14)23-20(24)21(25)30-22(28-23)18(11-27-30)17-8-9-19(26-10-17)16-6-4-3-5-7-16/h3-11,14-15H,12-13,25H2,1-2H3. The maximum Gasteiger partial charge on any atom is 0.167 e. The van der Waals surface area contributed by atoms with Crippen molar-refractivity contribution >= 4 is 33.2 Å². The lowest BCUT2D eigenvalue weighted by molar-refractivity contribution is -0.00549. The number of halogens is 1. The summed E-state index contributed by atoms with van der Waals surface area (Å²) in [6.07, 6.45) is 3.89. The molecule has 8 heteroatoms. The predicted octanol–water partition coefficient (Wildman–Crippen LogP) is 4.42. The van der Waals surface area contributed by atoms with Crippen LogP contribution in [0.4, 0.5) is 11.6 Å². The molecule has 2 atom stereocenters. The maximum absolute atomic E-state index is 6.43. The molecule has 4 aromatic rings. The van der Waals surface area contributed by atoms with Gasteiger partial charge < -0.3 is 15.4 Å². The first-order chi connectivity index (χ1) is 15.0. The summed E-state index contributed by atoms with van der Waals surface area (Å²) in [5.41, 5.74) is 11.0. The van der Waals surface area contributed by atoms with Crippen LogP contribution >= 0.6 is 15.9 Å². The second-order valence-corrected chi connectivity index (χ2v) is 8.68. The molecule has 1 fully saturated rings. The zero-order valence-corrected chi connectivity index (χ0v) is 19.0. The molecule has 31 heavy (non-hydrogen) atoms. The third-order valence-electron chi connectivity index (χ3n) is 5.47. The van der Waals surface area contributed by atoms with Crippen LogP contribution in [0.1, 0.15) is 13.8 Å². The molecule has 1 aromatic carbocycles. The van der Waals surface area contributed by atoms with Gasteiger partial charge in [0.05, 0.1) is 24.1 Å². The van der Waals surface area contributed by atoms with Gasteiger partial charge in [0.25, 0.3) is 0 Å². The summed E-state index contributed by atoms with van der Waals surface area (Å²) in [4.78, 5) is 11.8. The Hall–Kier alpha value is -2.97. The van der Waals surface area contributed by atoms with E-state index in [1.165, 1.54) is 0 Å². The normalized spacial score (nSPS) is 19.1. The average Bonchev–Trinajstić information content (AvgIpc) is 3.20. The van der Waals surface area contributed by atoms with Gasteiger partial charge in [0, 0.05) is 36.0 Å². The summed E-state index contributed by atoms with van der Waals surface area (Å²) in [5, 5.41) is 4.48. The van der Waals surface area contributed by atoms with Crippen LogP contribution < -0.4 is 10.6 Å². The van der Waals surface area contributed by atoms with Crippen LogP contribution in [0.2, 0.25) is 0 Å². The minimum absolute atomic E-state index is 0.119. The van der Waals surface area contributed by atoms with E-state index in [9.17, 15) is 0 Å². The molecule has 0 saturated carbocycles. The minimum Gasteiger partial charge on any atom is -0.383 e. The molecule has 7 nitrogen and oxygen atoms in total. The van der Waals surface area contributed by atoms with Gasteiger partial charge in [-0.15, -0.1) is 0 Å². The van der Waals surface area contributed by atoms with Crippen LogP contribution in [0, 0.1) is 0 Å². The Morgan fingerprint density at radius 3 is 2.42 bits per heavy atom. The van der Waals surface area contributed by atoms with Crippen LogP contribution in [0.15, 0.2) is 59.3 Å². The number of nitrogen functional groups attached to an aromatic ring is 1. The van der Waals surface area contributed by atoms with E-state index < -0.39 is 0 Å². The minimum atomic E-state index is 0.119. The number of pyridine rings is 1. The highest BCUT2D eigenvalue weighted by Crippen LogP contribution is 2.35. The number of aromatic nitrogens is 4. The Kier molecular flexibility index (Phi) is 5.11. The van der Waals surface area contributed by atoms with E-state index in [4.69, 9.17) is 15.5 Å². The molecule has 1 saturated heterocycles. The van der Waals surface area contributed by atoms with Crippen molar-refractivity contribution in [2.75, 3.05) is 23.7 Å². The van der Waals surface area contributed by atoms with Crippen molar-refractivity contribution in [3.8, 4) is 22.4 Å². The summed E-state index contributed by atoms with van der Waals surface area (Å²) < 4.78 is 8.29. The zero-order valence-electron chi connectivity index (χ0n) is 17.4. The fourth-order valence-electron chi connectivity index (χ4n) is 4.08. The SMILES string of the molecule is CC1CN(c2nc3c(-c4ccc(-c5ccccc5)nc4)cnn3c(N)c2Br)CC(C)O1. The average molecular weight is 479 g/mol.